The molecule has 0 amide bonds. The second kappa shape index (κ2) is 5.96. The van der Waals surface area contributed by atoms with Gasteiger partial charge in [0.1, 0.15) is 22.0 Å². The summed E-state index contributed by atoms with van der Waals surface area (Å²) < 4.78 is 6.25. The lowest BCUT2D eigenvalue weighted by Gasteiger charge is -2.08. The zero-order valence-electron chi connectivity index (χ0n) is 10.1. The Bertz CT molecular complexity index is 531. The minimum absolute atomic E-state index is 0.426. The van der Waals surface area contributed by atoms with Crippen LogP contribution in [0.2, 0.25) is 0 Å². The molecule has 0 aliphatic heterocycles. The average molecular weight is 283 g/mol. The molecule has 96 valence electrons. The van der Waals surface area contributed by atoms with Gasteiger partial charge >= 0.3 is 0 Å². The van der Waals surface area contributed by atoms with E-state index in [9.17, 15) is 0 Å². The van der Waals surface area contributed by atoms with Crippen molar-refractivity contribution in [1.82, 2.24) is 20.2 Å². The molecule has 0 spiro atoms. The Morgan fingerprint density at radius 2 is 2.22 bits per heavy atom. The Morgan fingerprint density at radius 3 is 2.89 bits per heavy atom. The number of hydrogen-bond donors (Lipinski definition) is 1. The van der Waals surface area contributed by atoms with Gasteiger partial charge in [0, 0.05) is 0 Å². The number of ether oxygens (including phenoxy) is 1. The van der Waals surface area contributed by atoms with Crippen LogP contribution in [0.4, 0.5) is 5.69 Å². The average Bonchev–Trinajstić information content (AvgIpc) is 2.76. The molecule has 0 aromatic carbocycles. The molecule has 2 heterocycles. The van der Waals surface area contributed by atoms with Gasteiger partial charge in [-0.3, -0.25) is 0 Å². The van der Waals surface area contributed by atoms with Gasteiger partial charge < -0.3 is 10.5 Å². The van der Waals surface area contributed by atoms with Crippen molar-refractivity contribution < 1.29 is 4.74 Å². The molecule has 0 unspecified atom stereocenters. The van der Waals surface area contributed by atoms with Crippen LogP contribution >= 0.6 is 23.1 Å². The van der Waals surface area contributed by atoms with Gasteiger partial charge in [-0.05, 0) is 25.1 Å². The Kier molecular flexibility index (Phi) is 4.32. The van der Waals surface area contributed by atoms with E-state index in [1.165, 1.54) is 29.4 Å². The highest BCUT2D eigenvalue weighted by Crippen LogP contribution is 2.35. The third kappa shape index (κ3) is 3.08. The van der Waals surface area contributed by atoms with Crippen molar-refractivity contribution in [3.63, 3.8) is 0 Å². The van der Waals surface area contributed by atoms with Gasteiger partial charge in [0.05, 0.1) is 6.61 Å². The molecular formula is C10H13N5OS2. The first kappa shape index (κ1) is 13.0. The van der Waals surface area contributed by atoms with Crippen molar-refractivity contribution in [2.75, 3.05) is 12.3 Å². The maximum atomic E-state index is 5.96. The zero-order chi connectivity index (χ0) is 13.0. The normalized spacial score (nSPS) is 10.6. The summed E-state index contributed by atoms with van der Waals surface area (Å²) in [4.78, 5) is 8.16. The Balaban J connectivity index is 2.17. The van der Waals surface area contributed by atoms with E-state index in [4.69, 9.17) is 10.5 Å². The van der Waals surface area contributed by atoms with Crippen molar-refractivity contribution >= 4 is 28.8 Å². The largest absolute Gasteiger partial charge is 0.476 e. The van der Waals surface area contributed by atoms with Crippen molar-refractivity contribution in [3.05, 3.63) is 11.3 Å². The molecule has 2 N–H and O–H groups in total. The van der Waals surface area contributed by atoms with Crippen molar-refractivity contribution in [2.45, 2.75) is 29.6 Å². The molecule has 8 heteroatoms. The minimum Gasteiger partial charge on any atom is -0.476 e. The smallest absolute Gasteiger partial charge is 0.241 e. The van der Waals surface area contributed by atoms with E-state index in [0.29, 0.717) is 23.2 Å². The highest BCUT2D eigenvalue weighted by Gasteiger charge is 2.12. The van der Waals surface area contributed by atoms with E-state index in [1.807, 2.05) is 13.8 Å². The SMILES string of the molecule is CCCOc1ncnc(Sc2nnc(C)s2)c1N. The van der Waals surface area contributed by atoms with Crippen LogP contribution in [0.25, 0.3) is 0 Å². The Morgan fingerprint density at radius 1 is 1.39 bits per heavy atom. The molecule has 0 saturated heterocycles. The van der Waals surface area contributed by atoms with Gasteiger partial charge in [0.2, 0.25) is 5.88 Å². The van der Waals surface area contributed by atoms with Crippen molar-refractivity contribution in [1.29, 1.82) is 0 Å². The lowest BCUT2D eigenvalue weighted by atomic mass is 10.5. The topological polar surface area (TPSA) is 86.8 Å². The number of rotatable bonds is 5. The first-order valence-electron chi connectivity index (χ1n) is 5.42. The van der Waals surface area contributed by atoms with Crippen LogP contribution in [-0.2, 0) is 0 Å². The van der Waals surface area contributed by atoms with E-state index in [1.54, 1.807) is 0 Å². The maximum Gasteiger partial charge on any atom is 0.241 e. The van der Waals surface area contributed by atoms with Gasteiger partial charge in [-0.15, -0.1) is 10.2 Å². The monoisotopic (exact) mass is 283 g/mol. The van der Waals surface area contributed by atoms with E-state index < -0.39 is 0 Å². The van der Waals surface area contributed by atoms with Gasteiger partial charge in [0.25, 0.3) is 0 Å². The number of aryl methyl sites for hydroxylation is 1. The lowest BCUT2D eigenvalue weighted by Crippen LogP contribution is -2.03. The maximum absolute atomic E-state index is 5.96. The van der Waals surface area contributed by atoms with Gasteiger partial charge in [-0.25, -0.2) is 4.98 Å². The van der Waals surface area contributed by atoms with E-state index in [0.717, 1.165) is 15.8 Å². The summed E-state index contributed by atoms with van der Waals surface area (Å²) in [5.74, 6) is 0.426. The molecule has 0 fully saturated rings. The fourth-order valence-electron chi connectivity index (χ4n) is 1.16. The van der Waals surface area contributed by atoms with Crippen LogP contribution in [-0.4, -0.2) is 26.8 Å². The predicted molar refractivity (Wildman–Crippen MR) is 71.0 cm³/mol. The van der Waals surface area contributed by atoms with Gasteiger partial charge in [0.15, 0.2) is 4.34 Å². The molecular weight excluding hydrogens is 270 g/mol. The van der Waals surface area contributed by atoms with Crippen molar-refractivity contribution in [2.24, 2.45) is 0 Å². The van der Waals surface area contributed by atoms with E-state index in [-0.39, 0.29) is 0 Å². The fraction of sp³-hybridized carbons (Fsp3) is 0.400. The quantitative estimate of drug-likeness (QED) is 0.841. The summed E-state index contributed by atoms with van der Waals surface area (Å²) in [6.45, 7) is 4.52. The summed E-state index contributed by atoms with van der Waals surface area (Å²) in [5.41, 5.74) is 6.41. The summed E-state index contributed by atoms with van der Waals surface area (Å²) in [6.07, 6.45) is 2.35. The molecule has 0 atom stereocenters. The third-order valence-electron chi connectivity index (χ3n) is 1.95. The summed E-state index contributed by atoms with van der Waals surface area (Å²) >= 11 is 2.87. The molecule has 2 aromatic heterocycles. The van der Waals surface area contributed by atoms with Crippen LogP contribution in [0.1, 0.15) is 18.4 Å². The van der Waals surface area contributed by atoms with Crippen LogP contribution in [0.3, 0.4) is 0 Å². The summed E-state index contributed by atoms with van der Waals surface area (Å²) in [6, 6.07) is 0. The number of aromatic nitrogens is 4. The fourth-order valence-corrected chi connectivity index (χ4v) is 2.89. The number of nitrogen functional groups attached to an aromatic ring is 1. The molecule has 0 radical (unpaired) electrons. The molecule has 2 aromatic rings. The first-order valence-corrected chi connectivity index (χ1v) is 7.05. The lowest BCUT2D eigenvalue weighted by molar-refractivity contribution is 0.305. The highest BCUT2D eigenvalue weighted by molar-refractivity contribution is 8.01. The molecule has 0 aliphatic rings. The zero-order valence-corrected chi connectivity index (χ0v) is 11.7. The number of nitrogens with two attached hydrogens (primary N) is 1. The molecule has 18 heavy (non-hydrogen) atoms. The van der Waals surface area contributed by atoms with E-state index >= 15 is 0 Å². The molecule has 6 nitrogen and oxygen atoms in total. The Hall–Kier alpha value is -1.41. The molecule has 2 rings (SSSR count). The summed E-state index contributed by atoms with van der Waals surface area (Å²) in [7, 11) is 0. The summed E-state index contributed by atoms with van der Waals surface area (Å²) in [5, 5.41) is 9.52. The van der Waals surface area contributed by atoms with Crippen LogP contribution in [0.15, 0.2) is 15.7 Å². The minimum atomic E-state index is 0.426. The van der Waals surface area contributed by atoms with Gasteiger partial charge in [-0.2, -0.15) is 4.98 Å². The first-order chi connectivity index (χ1) is 8.70. The number of hydrogen-bond acceptors (Lipinski definition) is 8. The molecule has 0 bridgehead atoms. The Labute approximate surface area is 113 Å². The third-order valence-corrected chi connectivity index (χ3v) is 3.85. The standard InChI is InChI=1S/C10H13N5OS2/c1-3-4-16-8-7(11)9(13-5-12-8)18-10-15-14-6(2)17-10/h5H,3-4,11H2,1-2H3. The van der Waals surface area contributed by atoms with Crippen molar-refractivity contribution in [3.8, 4) is 5.88 Å². The highest BCUT2D eigenvalue weighted by atomic mass is 32.2. The predicted octanol–water partition coefficient (Wildman–Crippen LogP) is 2.16. The second-order valence-corrected chi connectivity index (χ2v) is 5.85. The molecule has 0 aliphatic carbocycles. The van der Waals surface area contributed by atoms with Crippen LogP contribution in [0, 0.1) is 6.92 Å². The molecule has 0 saturated carbocycles. The van der Waals surface area contributed by atoms with E-state index in [2.05, 4.69) is 20.2 Å². The van der Waals surface area contributed by atoms with Crippen LogP contribution < -0.4 is 10.5 Å². The number of anilines is 1. The number of nitrogens with zero attached hydrogens (tertiary/aromatic N) is 4. The van der Waals surface area contributed by atoms with Crippen LogP contribution in [0.5, 0.6) is 5.88 Å². The second-order valence-electron chi connectivity index (χ2n) is 3.44. The van der Waals surface area contributed by atoms with Gasteiger partial charge in [-0.1, -0.05) is 18.3 Å².